The second-order valence-electron chi connectivity index (χ2n) is 9.05. The Labute approximate surface area is 209 Å². The number of carbonyl (C=O) groups is 3. The SMILES string of the molecule is CC(=O)Nc1nc(CCc2ccc(OC(=O)NC(C)(C)C)cc2)c(C(=O)NCc2ccccc2)s1. The lowest BCUT2D eigenvalue weighted by atomic mass is 10.1. The third-order valence-corrected chi connectivity index (χ3v) is 5.76. The van der Waals surface area contributed by atoms with Crippen LogP contribution in [0.1, 0.15) is 54.2 Å². The number of carbonyl (C=O) groups excluding carboxylic acids is 3. The molecule has 9 heteroatoms. The predicted octanol–water partition coefficient (Wildman–Crippen LogP) is 4.70. The number of amides is 3. The van der Waals surface area contributed by atoms with Crippen molar-refractivity contribution in [2.24, 2.45) is 0 Å². The van der Waals surface area contributed by atoms with Crippen molar-refractivity contribution < 1.29 is 19.1 Å². The van der Waals surface area contributed by atoms with E-state index in [0.29, 0.717) is 40.8 Å². The molecule has 3 amide bonds. The number of ether oxygens (including phenoxy) is 1. The fourth-order valence-corrected chi connectivity index (χ4v) is 4.16. The van der Waals surface area contributed by atoms with E-state index in [1.807, 2.05) is 63.2 Å². The van der Waals surface area contributed by atoms with Gasteiger partial charge in [-0.05, 0) is 56.9 Å². The van der Waals surface area contributed by atoms with E-state index in [1.165, 1.54) is 6.92 Å². The lowest BCUT2D eigenvalue weighted by Crippen LogP contribution is -2.42. The minimum Gasteiger partial charge on any atom is -0.410 e. The van der Waals surface area contributed by atoms with E-state index in [9.17, 15) is 14.4 Å². The van der Waals surface area contributed by atoms with Crippen LogP contribution >= 0.6 is 11.3 Å². The summed E-state index contributed by atoms with van der Waals surface area (Å²) in [4.78, 5) is 41.3. The van der Waals surface area contributed by atoms with Crippen LogP contribution in [0.5, 0.6) is 5.75 Å². The molecule has 0 saturated heterocycles. The number of nitrogens with zero attached hydrogens (tertiary/aromatic N) is 1. The molecule has 35 heavy (non-hydrogen) atoms. The Morgan fingerprint density at radius 1 is 0.943 bits per heavy atom. The maximum Gasteiger partial charge on any atom is 0.413 e. The summed E-state index contributed by atoms with van der Waals surface area (Å²) in [7, 11) is 0. The number of hydrogen-bond donors (Lipinski definition) is 3. The third kappa shape index (κ3) is 8.53. The smallest absolute Gasteiger partial charge is 0.410 e. The van der Waals surface area contributed by atoms with Gasteiger partial charge in [-0.15, -0.1) is 0 Å². The van der Waals surface area contributed by atoms with Gasteiger partial charge < -0.3 is 20.7 Å². The van der Waals surface area contributed by atoms with Gasteiger partial charge in [0, 0.05) is 19.0 Å². The summed E-state index contributed by atoms with van der Waals surface area (Å²) in [5.74, 6) is -0.0303. The van der Waals surface area contributed by atoms with Crippen molar-refractivity contribution in [1.29, 1.82) is 0 Å². The molecule has 184 valence electrons. The van der Waals surface area contributed by atoms with Crippen LogP contribution in [0.25, 0.3) is 0 Å². The molecular weight excluding hydrogens is 464 g/mol. The van der Waals surface area contributed by atoms with Crippen molar-refractivity contribution in [2.75, 3.05) is 5.32 Å². The monoisotopic (exact) mass is 494 g/mol. The molecule has 1 heterocycles. The Morgan fingerprint density at radius 3 is 2.26 bits per heavy atom. The number of aromatic nitrogens is 1. The average molecular weight is 495 g/mol. The highest BCUT2D eigenvalue weighted by Crippen LogP contribution is 2.25. The standard InChI is InChI=1S/C26H30N4O4S/c1-17(31)28-24-29-21(22(35-24)23(32)27-16-19-8-6-5-7-9-19)15-12-18-10-13-20(14-11-18)34-25(33)30-26(2,3)4/h5-11,13-14H,12,15-16H2,1-4H3,(H,27,32)(H,30,33)(H,28,29,31). The summed E-state index contributed by atoms with van der Waals surface area (Å²) in [6.07, 6.45) is 0.621. The van der Waals surface area contributed by atoms with Gasteiger partial charge in [0.15, 0.2) is 5.13 Å². The van der Waals surface area contributed by atoms with Crippen molar-refractivity contribution in [1.82, 2.24) is 15.6 Å². The first-order valence-electron chi connectivity index (χ1n) is 11.3. The number of hydrogen-bond acceptors (Lipinski definition) is 6. The van der Waals surface area contributed by atoms with E-state index >= 15 is 0 Å². The molecule has 0 aliphatic rings. The highest BCUT2D eigenvalue weighted by molar-refractivity contribution is 7.17. The molecule has 0 atom stereocenters. The maximum absolute atomic E-state index is 12.9. The van der Waals surface area contributed by atoms with Gasteiger partial charge in [-0.2, -0.15) is 0 Å². The second kappa shape index (κ2) is 11.6. The number of aryl methyl sites for hydroxylation is 2. The summed E-state index contributed by atoms with van der Waals surface area (Å²) in [6.45, 7) is 7.44. The van der Waals surface area contributed by atoms with Gasteiger partial charge >= 0.3 is 6.09 Å². The zero-order valence-electron chi connectivity index (χ0n) is 20.3. The zero-order chi connectivity index (χ0) is 25.4. The summed E-state index contributed by atoms with van der Waals surface area (Å²) < 4.78 is 5.31. The first kappa shape index (κ1) is 25.9. The first-order chi connectivity index (χ1) is 16.6. The molecule has 0 unspecified atom stereocenters. The molecule has 0 fully saturated rings. The van der Waals surface area contributed by atoms with Crippen LogP contribution in [0.4, 0.5) is 9.93 Å². The van der Waals surface area contributed by atoms with Crippen molar-refractivity contribution >= 4 is 34.4 Å². The lowest BCUT2D eigenvalue weighted by molar-refractivity contribution is -0.114. The van der Waals surface area contributed by atoms with Gasteiger partial charge in [0.1, 0.15) is 10.6 Å². The van der Waals surface area contributed by atoms with E-state index in [-0.39, 0.29) is 17.4 Å². The molecule has 0 saturated carbocycles. The summed E-state index contributed by atoms with van der Waals surface area (Å²) in [5.41, 5.74) is 2.23. The number of benzene rings is 2. The van der Waals surface area contributed by atoms with Crippen molar-refractivity contribution in [3.05, 3.63) is 76.3 Å². The summed E-state index contributed by atoms with van der Waals surface area (Å²) in [5, 5.41) is 8.74. The Balaban J connectivity index is 1.65. The minimum atomic E-state index is -0.510. The van der Waals surface area contributed by atoms with E-state index in [1.54, 1.807) is 12.1 Å². The average Bonchev–Trinajstić information content (AvgIpc) is 3.18. The highest BCUT2D eigenvalue weighted by atomic mass is 32.1. The molecule has 3 aromatic rings. The van der Waals surface area contributed by atoms with E-state index in [2.05, 4.69) is 20.9 Å². The molecule has 2 aromatic carbocycles. The summed E-state index contributed by atoms with van der Waals surface area (Å²) >= 11 is 1.16. The Hall–Kier alpha value is -3.72. The Kier molecular flexibility index (Phi) is 8.59. The van der Waals surface area contributed by atoms with Gasteiger partial charge in [0.2, 0.25) is 5.91 Å². The van der Waals surface area contributed by atoms with Gasteiger partial charge in [0.05, 0.1) is 5.69 Å². The van der Waals surface area contributed by atoms with E-state index in [4.69, 9.17) is 4.74 Å². The Bertz CT molecular complexity index is 1170. The molecule has 3 rings (SSSR count). The molecule has 1 aromatic heterocycles. The first-order valence-corrected chi connectivity index (χ1v) is 12.1. The topological polar surface area (TPSA) is 109 Å². The molecule has 0 spiro atoms. The van der Waals surface area contributed by atoms with Crippen LogP contribution in [-0.2, 0) is 24.2 Å². The van der Waals surface area contributed by atoms with Crippen LogP contribution in [0.3, 0.4) is 0 Å². The molecular formula is C26H30N4O4S. The number of rotatable bonds is 8. The Morgan fingerprint density at radius 2 is 1.63 bits per heavy atom. The fourth-order valence-electron chi connectivity index (χ4n) is 3.19. The van der Waals surface area contributed by atoms with Crippen molar-refractivity contribution in [3.8, 4) is 5.75 Å². The maximum atomic E-state index is 12.9. The highest BCUT2D eigenvalue weighted by Gasteiger charge is 2.19. The summed E-state index contributed by atoms with van der Waals surface area (Å²) in [6, 6.07) is 16.8. The van der Waals surface area contributed by atoms with Crippen molar-refractivity contribution in [2.45, 2.75) is 52.6 Å². The second-order valence-corrected chi connectivity index (χ2v) is 10.1. The third-order valence-electron chi connectivity index (χ3n) is 4.74. The molecule has 0 aliphatic carbocycles. The predicted molar refractivity (Wildman–Crippen MR) is 137 cm³/mol. The number of anilines is 1. The molecule has 0 radical (unpaired) electrons. The van der Waals surface area contributed by atoms with Crippen LogP contribution in [0.15, 0.2) is 54.6 Å². The van der Waals surface area contributed by atoms with Gasteiger partial charge in [0.25, 0.3) is 5.91 Å². The fraction of sp³-hybridized carbons (Fsp3) is 0.308. The minimum absolute atomic E-state index is 0.230. The largest absolute Gasteiger partial charge is 0.413 e. The van der Waals surface area contributed by atoms with Crippen LogP contribution in [0.2, 0.25) is 0 Å². The molecule has 8 nitrogen and oxygen atoms in total. The van der Waals surface area contributed by atoms with E-state index in [0.717, 1.165) is 22.5 Å². The van der Waals surface area contributed by atoms with Crippen LogP contribution in [0, 0.1) is 0 Å². The van der Waals surface area contributed by atoms with Gasteiger partial charge in [-0.1, -0.05) is 53.8 Å². The lowest BCUT2D eigenvalue weighted by Gasteiger charge is -2.19. The van der Waals surface area contributed by atoms with Crippen LogP contribution in [-0.4, -0.2) is 28.4 Å². The molecule has 0 aliphatic heterocycles. The van der Waals surface area contributed by atoms with Gasteiger partial charge in [-0.3, -0.25) is 9.59 Å². The quantitative estimate of drug-likeness (QED) is 0.420. The van der Waals surface area contributed by atoms with Gasteiger partial charge in [-0.25, -0.2) is 9.78 Å². The van der Waals surface area contributed by atoms with Crippen LogP contribution < -0.4 is 20.7 Å². The zero-order valence-corrected chi connectivity index (χ0v) is 21.1. The normalized spacial score (nSPS) is 11.0. The van der Waals surface area contributed by atoms with E-state index < -0.39 is 6.09 Å². The number of nitrogens with one attached hydrogen (secondary N) is 3. The van der Waals surface area contributed by atoms with Crippen molar-refractivity contribution in [3.63, 3.8) is 0 Å². The molecule has 0 bridgehead atoms. The number of thiazole rings is 1. The molecule has 3 N–H and O–H groups in total.